The Morgan fingerprint density at radius 2 is 1.86 bits per heavy atom. The first-order valence-corrected chi connectivity index (χ1v) is 9.44. The molecule has 0 aromatic carbocycles. The van der Waals surface area contributed by atoms with Crippen molar-refractivity contribution in [3.8, 4) is 0 Å². The Morgan fingerprint density at radius 3 is 2.46 bits per heavy atom. The van der Waals surface area contributed by atoms with Crippen LogP contribution < -0.4 is 28.3 Å². The highest BCUT2D eigenvalue weighted by Crippen LogP contribution is 2.27. The van der Waals surface area contributed by atoms with Gasteiger partial charge < -0.3 is 58.2 Å². The van der Waals surface area contributed by atoms with Gasteiger partial charge in [-0.1, -0.05) is 0 Å². The molecular formula is C16H33N5O7. The van der Waals surface area contributed by atoms with Gasteiger partial charge in [0, 0.05) is 19.0 Å². The summed E-state index contributed by atoms with van der Waals surface area (Å²) in [5, 5.41) is 42.6. The quantitative estimate of drug-likeness (QED) is 0.193. The van der Waals surface area contributed by atoms with Crippen molar-refractivity contribution in [1.82, 2.24) is 5.32 Å². The van der Waals surface area contributed by atoms with E-state index in [9.17, 15) is 25.2 Å². The molecule has 2 rings (SSSR count). The van der Waals surface area contributed by atoms with Crippen LogP contribution >= 0.6 is 0 Å². The Kier molecular flexibility index (Phi) is 8.51. The number of carbonyl (C=O) groups is 1. The van der Waals surface area contributed by atoms with E-state index < -0.39 is 66.9 Å². The second-order valence-electron chi connectivity index (χ2n) is 7.42. The first kappa shape index (κ1) is 23.3. The van der Waals surface area contributed by atoms with E-state index in [-0.39, 0.29) is 32.4 Å². The minimum Gasteiger partial charge on any atom is -0.391 e. The lowest BCUT2D eigenvalue weighted by molar-refractivity contribution is -0.276. The highest BCUT2D eigenvalue weighted by molar-refractivity contribution is 5.80. The molecular weight excluding hydrogens is 374 g/mol. The number of hydrogen-bond acceptors (Lipinski definition) is 11. The minimum absolute atomic E-state index is 0.0383. The lowest BCUT2D eigenvalue weighted by atomic mass is 9.86. The van der Waals surface area contributed by atoms with Gasteiger partial charge in [0.2, 0.25) is 5.91 Å². The molecule has 9 unspecified atom stereocenters. The number of nitrogens with two attached hydrogens (primary N) is 4. The Hall–Kier alpha value is -0.930. The molecule has 1 amide bonds. The Balaban J connectivity index is 1.94. The predicted octanol–water partition coefficient (Wildman–Crippen LogP) is -5.22. The summed E-state index contributed by atoms with van der Waals surface area (Å²) in [7, 11) is 0. The third-order valence-electron chi connectivity index (χ3n) is 5.30. The maximum Gasteiger partial charge on any atom is 0.249 e. The molecule has 1 aliphatic carbocycles. The molecule has 0 spiro atoms. The van der Waals surface area contributed by atoms with Crippen LogP contribution in [0.5, 0.6) is 0 Å². The highest BCUT2D eigenvalue weighted by Gasteiger charge is 2.45. The van der Waals surface area contributed by atoms with Crippen molar-refractivity contribution in [3.63, 3.8) is 0 Å². The fourth-order valence-corrected chi connectivity index (χ4v) is 3.50. The average Bonchev–Trinajstić information content (AvgIpc) is 2.66. The molecule has 1 saturated heterocycles. The summed E-state index contributed by atoms with van der Waals surface area (Å²) < 4.78 is 11.3. The minimum atomic E-state index is -1.28. The van der Waals surface area contributed by atoms with E-state index >= 15 is 0 Å². The molecule has 2 fully saturated rings. The molecule has 1 aliphatic heterocycles. The van der Waals surface area contributed by atoms with E-state index in [0.717, 1.165) is 0 Å². The topological polar surface area (TPSA) is 233 Å². The van der Waals surface area contributed by atoms with Gasteiger partial charge in [-0.15, -0.1) is 0 Å². The van der Waals surface area contributed by atoms with Crippen LogP contribution in [-0.4, -0.2) is 100 Å². The van der Waals surface area contributed by atoms with Crippen molar-refractivity contribution in [3.05, 3.63) is 0 Å². The van der Waals surface area contributed by atoms with Gasteiger partial charge in [-0.05, 0) is 19.4 Å². The van der Waals surface area contributed by atoms with Crippen molar-refractivity contribution in [1.29, 1.82) is 0 Å². The fraction of sp³-hybridized carbons (Fsp3) is 0.938. The van der Waals surface area contributed by atoms with Crippen molar-refractivity contribution >= 4 is 5.91 Å². The monoisotopic (exact) mass is 407 g/mol. The zero-order valence-corrected chi connectivity index (χ0v) is 15.6. The molecule has 0 aromatic rings. The maximum atomic E-state index is 11.9. The van der Waals surface area contributed by atoms with Gasteiger partial charge in [0.15, 0.2) is 6.29 Å². The largest absolute Gasteiger partial charge is 0.391 e. The van der Waals surface area contributed by atoms with Gasteiger partial charge in [-0.3, -0.25) is 4.79 Å². The average molecular weight is 407 g/mol. The SMILES string of the molecule is NCC[C@H](O)C(=O)NC1CC(N)C(OC2OC(CN)C(O)C(O)C2N)CC1O. The molecule has 13 N–H and O–H groups in total. The van der Waals surface area contributed by atoms with Crippen LogP contribution in [0, 0.1) is 0 Å². The lowest BCUT2D eigenvalue weighted by Crippen LogP contribution is -2.65. The van der Waals surface area contributed by atoms with Gasteiger partial charge in [0.25, 0.3) is 0 Å². The first-order valence-electron chi connectivity index (χ1n) is 9.44. The molecule has 12 heteroatoms. The Labute approximate surface area is 163 Å². The summed E-state index contributed by atoms with van der Waals surface area (Å²) in [6.45, 7) is 0.118. The Bertz CT molecular complexity index is 514. The smallest absolute Gasteiger partial charge is 0.249 e. The number of nitrogens with one attached hydrogen (secondary N) is 1. The third-order valence-corrected chi connectivity index (χ3v) is 5.30. The van der Waals surface area contributed by atoms with Gasteiger partial charge in [-0.2, -0.15) is 0 Å². The summed E-state index contributed by atoms with van der Waals surface area (Å²) in [5.74, 6) is -0.624. The van der Waals surface area contributed by atoms with E-state index in [1.165, 1.54) is 0 Å². The van der Waals surface area contributed by atoms with Crippen molar-refractivity contribution < 1.29 is 34.7 Å². The molecule has 1 saturated carbocycles. The van der Waals surface area contributed by atoms with E-state index in [0.29, 0.717) is 0 Å². The van der Waals surface area contributed by atoms with E-state index in [2.05, 4.69) is 5.32 Å². The van der Waals surface area contributed by atoms with Crippen LogP contribution in [-0.2, 0) is 14.3 Å². The van der Waals surface area contributed by atoms with Crippen LogP contribution in [0.1, 0.15) is 19.3 Å². The summed E-state index contributed by atoms with van der Waals surface area (Å²) in [5.41, 5.74) is 22.9. The van der Waals surface area contributed by atoms with Gasteiger partial charge in [0.05, 0.1) is 24.3 Å². The van der Waals surface area contributed by atoms with Crippen LogP contribution in [0.3, 0.4) is 0 Å². The predicted molar refractivity (Wildman–Crippen MR) is 97.4 cm³/mol. The molecule has 164 valence electrons. The number of hydrogen-bond donors (Lipinski definition) is 9. The zero-order valence-electron chi connectivity index (χ0n) is 15.6. The molecule has 0 aromatic heterocycles. The molecule has 28 heavy (non-hydrogen) atoms. The third kappa shape index (κ3) is 5.36. The number of amides is 1. The highest BCUT2D eigenvalue weighted by atomic mass is 16.7. The molecule has 0 radical (unpaired) electrons. The standard InChI is InChI=1S/C16H33N5O7/c17-2-1-8(22)15(26)21-7-3-6(19)10(4-9(7)23)27-16-12(20)14(25)13(24)11(5-18)28-16/h6-14,16,22-25H,1-5,17-20H2,(H,21,26)/t6?,7?,8-,9?,10?,11?,12?,13?,14?,16?/m0/s1. The number of carbonyl (C=O) groups excluding carboxylic acids is 1. The van der Waals surface area contributed by atoms with Gasteiger partial charge >= 0.3 is 0 Å². The summed E-state index contributed by atoms with van der Waals surface area (Å²) >= 11 is 0. The molecule has 0 bridgehead atoms. The second-order valence-corrected chi connectivity index (χ2v) is 7.42. The zero-order chi connectivity index (χ0) is 21.0. The summed E-state index contributed by atoms with van der Waals surface area (Å²) in [6.07, 6.45) is -6.92. The van der Waals surface area contributed by atoms with E-state index in [1.54, 1.807) is 0 Å². The lowest BCUT2D eigenvalue weighted by Gasteiger charge is -2.44. The number of ether oxygens (including phenoxy) is 2. The Morgan fingerprint density at radius 1 is 1.18 bits per heavy atom. The number of rotatable bonds is 7. The molecule has 10 atom stereocenters. The molecule has 2 aliphatic rings. The van der Waals surface area contributed by atoms with Gasteiger partial charge in [-0.25, -0.2) is 0 Å². The van der Waals surface area contributed by atoms with Crippen LogP contribution in [0.2, 0.25) is 0 Å². The van der Waals surface area contributed by atoms with Crippen molar-refractivity contribution in [2.75, 3.05) is 13.1 Å². The van der Waals surface area contributed by atoms with Crippen molar-refractivity contribution in [2.45, 2.75) is 80.3 Å². The normalized spacial score (nSPS) is 42.8. The molecule has 1 heterocycles. The van der Waals surface area contributed by atoms with Crippen LogP contribution in [0.15, 0.2) is 0 Å². The van der Waals surface area contributed by atoms with Gasteiger partial charge in [0.1, 0.15) is 24.4 Å². The van der Waals surface area contributed by atoms with Crippen LogP contribution in [0.25, 0.3) is 0 Å². The van der Waals surface area contributed by atoms with E-state index in [1.807, 2.05) is 0 Å². The molecule has 12 nitrogen and oxygen atoms in total. The van der Waals surface area contributed by atoms with Crippen LogP contribution in [0.4, 0.5) is 0 Å². The number of aliphatic hydroxyl groups excluding tert-OH is 4. The maximum absolute atomic E-state index is 11.9. The summed E-state index contributed by atoms with van der Waals surface area (Å²) in [4.78, 5) is 11.9. The van der Waals surface area contributed by atoms with Crippen molar-refractivity contribution in [2.24, 2.45) is 22.9 Å². The first-order chi connectivity index (χ1) is 13.2. The summed E-state index contributed by atoms with van der Waals surface area (Å²) in [6, 6.07) is -2.25. The van der Waals surface area contributed by atoms with E-state index in [4.69, 9.17) is 32.4 Å². The number of aliphatic hydroxyl groups is 4. The fourth-order valence-electron chi connectivity index (χ4n) is 3.50. The second kappa shape index (κ2) is 10.2.